The highest BCUT2D eigenvalue weighted by Crippen LogP contribution is 2.20. The van der Waals surface area contributed by atoms with Crippen LogP contribution in [0.2, 0.25) is 5.02 Å². The number of hydrogen-bond acceptors (Lipinski definition) is 4. The number of hydrogen-bond donors (Lipinski definition) is 2. The molecule has 0 aliphatic carbocycles. The molecule has 0 saturated heterocycles. The van der Waals surface area contributed by atoms with E-state index in [-0.39, 0.29) is 13.2 Å². The second kappa shape index (κ2) is 7.56. The standard InChI is InChI=1S/C13H14ClNO4/c1-2-19-13(18)6-5-12(17)15-11-4-3-10(14)7-9(11)8-16/h3-7,16H,2,8H2,1H3,(H,15,17)/b6-5+. The predicted molar refractivity (Wildman–Crippen MR) is 71.8 cm³/mol. The fourth-order valence-electron chi connectivity index (χ4n) is 1.32. The van der Waals surface area contributed by atoms with Gasteiger partial charge in [-0.1, -0.05) is 11.6 Å². The van der Waals surface area contributed by atoms with Crippen molar-refractivity contribution in [3.05, 3.63) is 40.9 Å². The van der Waals surface area contributed by atoms with Crippen LogP contribution in [0.5, 0.6) is 0 Å². The highest BCUT2D eigenvalue weighted by atomic mass is 35.5. The number of halogens is 1. The summed E-state index contributed by atoms with van der Waals surface area (Å²) in [5, 5.41) is 12.1. The molecule has 0 spiro atoms. The SMILES string of the molecule is CCOC(=O)/C=C/C(=O)Nc1ccc(Cl)cc1CO. The zero-order valence-electron chi connectivity index (χ0n) is 10.4. The maximum absolute atomic E-state index is 11.6. The summed E-state index contributed by atoms with van der Waals surface area (Å²) >= 11 is 5.77. The molecule has 6 heteroatoms. The maximum Gasteiger partial charge on any atom is 0.330 e. The van der Waals surface area contributed by atoms with E-state index in [2.05, 4.69) is 10.1 Å². The van der Waals surface area contributed by atoms with Gasteiger partial charge in [0, 0.05) is 28.4 Å². The molecule has 1 aromatic rings. The van der Waals surface area contributed by atoms with Gasteiger partial charge in [0.05, 0.1) is 13.2 Å². The number of rotatable bonds is 5. The molecule has 0 aliphatic rings. The Morgan fingerprint density at radius 3 is 2.79 bits per heavy atom. The van der Waals surface area contributed by atoms with Crippen molar-refractivity contribution in [1.82, 2.24) is 0 Å². The molecule has 2 N–H and O–H groups in total. The molecule has 0 saturated carbocycles. The Kier molecular flexibility index (Phi) is 6.05. The Morgan fingerprint density at radius 2 is 2.16 bits per heavy atom. The van der Waals surface area contributed by atoms with Gasteiger partial charge in [-0.2, -0.15) is 0 Å². The van der Waals surface area contributed by atoms with E-state index < -0.39 is 11.9 Å². The van der Waals surface area contributed by atoms with E-state index in [1.807, 2.05) is 0 Å². The molecule has 1 aromatic carbocycles. The number of nitrogens with one attached hydrogen (secondary N) is 1. The Hall–Kier alpha value is -1.85. The molecule has 0 unspecified atom stereocenters. The quantitative estimate of drug-likeness (QED) is 0.639. The van der Waals surface area contributed by atoms with E-state index in [1.165, 1.54) is 0 Å². The number of aliphatic hydroxyl groups is 1. The number of anilines is 1. The van der Waals surface area contributed by atoms with Gasteiger partial charge >= 0.3 is 5.97 Å². The van der Waals surface area contributed by atoms with Crippen LogP contribution in [0.3, 0.4) is 0 Å². The Balaban J connectivity index is 2.69. The van der Waals surface area contributed by atoms with Crippen LogP contribution in [-0.4, -0.2) is 23.6 Å². The lowest BCUT2D eigenvalue weighted by atomic mass is 10.2. The molecule has 0 radical (unpaired) electrons. The summed E-state index contributed by atoms with van der Waals surface area (Å²) in [6, 6.07) is 4.71. The van der Waals surface area contributed by atoms with Crippen LogP contribution in [0, 0.1) is 0 Å². The summed E-state index contributed by atoms with van der Waals surface area (Å²) in [6.45, 7) is 1.67. The molecule has 0 fully saturated rings. The predicted octanol–water partition coefficient (Wildman–Crippen LogP) is 1.89. The minimum atomic E-state index is -0.587. The molecule has 5 nitrogen and oxygen atoms in total. The van der Waals surface area contributed by atoms with E-state index >= 15 is 0 Å². The monoisotopic (exact) mass is 283 g/mol. The van der Waals surface area contributed by atoms with Gasteiger partial charge in [-0.25, -0.2) is 4.79 Å². The molecule has 19 heavy (non-hydrogen) atoms. The number of amides is 1. The van der Waals surface area contributed by atoms with E-state index in [1.54, 1.807) is 25.1 Å². The summed E-state index contributed by atoms with van der Waals surface area (Å²) in [4.78, 5) is 22.6. The van der Waals surface area contributed by atoms with Gasteiger partial charge in [-0.3, -0.25) is 4.79 Å². The lowest BCUT2D eigenvalue weighted by Gasteiger charge is -2.08. The zero-order chi connectivity index (χ0) is 14.3. The van der Waals surface area contributed by atoms with Gasteiger partial charge in [-0.05, 0) is 25.1 Å². The van der Waals surface area contributed by atoms with Crippen LogP contribution in [0.15, 0.2) is 30.4 Å². The second-order valence-electron chi connectivity index (χ2n) is 3.53. The van der Waals surface area contributed by atoms with Crippen molar-refractivity contribution >= 4 is 29.2 Å². The van der Waals surface area contributed by atoms with Crippen LogP contribution in [-0.2, 0) is 20.9 Å². The van der Waals surface area contributed by atoms with Crippen molar-refractivity contribution in [1.29, 1.82) is 0 Å². The van der Waals surface area contributed by atoms with Crippen molar-refractivity contribution in [3.8, 4) is 0 Å². The van der Waals surface area contributed by atoms with E-state index in [4.69, 9.17) is 16.7 Å². The minimum absolute atomic E-state index is 0.247. The van der Waals surface area contributed by atoms with Crippen molar-refractivity contribution < 1.29 is 19.4 Å². The fraction of sp³-hybridized carbons (Fsp3) is 0.231. The zero-order valence-corrected chi connectivity index (χ0v) is 11.1. The lowest BCUT2D eigenvalue weighted by molar-refractivity contribution is -0.137. The van der Waals surface area contributed by atoms with Gasteiger partial charge in [0.2, 0.25) is 5.91 Å². The van der Waals surface area contributed by atoms with Crippen molar-refractivity contribution in [2.45, 2.75) is 13.5 Å². The highest BCUT2D eigenvalue weighted by Gasteiger charge is 2.05. The second-order valence-corrected chi connectivity index (χ2v) is 3.97. The largest absolute Gasteiger partial charge is 0.463 e. The number of aliphatic hydroxyl groups excluding tert-OH is 1. The summed E-state index contributed by atoms with van der Waals surface area (Å²) in [7, 11) is 0. The first-order chi connectivity index (χ1) is 9.06. The van der Waals surface area contributed by atoms with Gasteiger partial charge in [0.25, 0.3) is 0 Å². The third-order valence-electron chi connectivity index (χ3n) is 2.15. The first-order valence-electron chi connectivity index (χ1n) is 5.62. The van der Waals surface area contributed by atoms with Crippen LogP contribution in [0.4, 0.5) is 5.69 Å². The van der Waals surface area contributed by atoms with Gasteiger partial charge < -0.3 is 15.2 Å². The first kappa shape index (κ1) is 15.2. The molecular formula is C13H14ClNO4. The Labute approximate surface area is 115 Å². The molecule has 102 valence electrons. The highest BCUT2D eigenvalue weighted by molar-refractivity contribution is 6.30. The molecule has 0 atom stereocenters. The first-order valence-corrected chi connectivity index (χ1v) is 5.99. The number of esters is 1. The molecular weight excluding hydrogens is 270 g/mol. The number of ether oxygens (including phenoxy) is 1. The molecule has 0 aliphatic heterocycles. The molecule has 0 aromatic heterocycles. The van der Waals surface area contributed by atoms with Crippen LogP contribution >= 0.6 is 11.6 Å². The summed E-state index contributed by atoms with van der Waals surface area (Å²) in [5.41, 5.74) is 0.927. The number of carbonyl (C=O) groups is 2. The lowest BCUT2D eigenvalue weighted by Crippen LogP contribution is -2.11. The smallest absolute Gasteiger partial charge is 0.330 e. The fourth-order valence-corrected chi connectivity index (χ4v) is 1.52. The normalized spacial score (nSPS) is 10.5. The Bertz CT molecular complexity index is 499. The van der Waals surface area contributed by atoms with E-state index in [0.717, 1.165) is 12.2 Å². The third-order valence-corrected chi connectivity index (χ3v) is 2.39. The maximum atomic E-state index is 11.6. The van der Waals surface area contributed by atoms with E-state index in [9.17, 15) is 9.59 Å². The topological polar surface area (TPSA) is 75.6 Å². The molecule has 0 heterocycles. The van der Waals surface area contributed by atoms with Gasteiger partial charge in [0.1, 0.15) is 0 Å². The van der Waals surface area contributed by atoms with Crippen molar-refractivity contribution in [3.63, 3.8) is 0 Å². The van der Waals surface area contributed by atoms with Crippen LogP contribution in [0.1, 0.15) is 12.5 Å². The number of carbonyl (C=O) groups excluding carboxylic acids is 2. The third kappa shape index (κ3) is 5.11. The van der Waals surface area contributed by atoms with Crippen molar-refractivity contribution in [2.75, 3.05) is 11.9 Å². The van der Waals surface area contributed by atoms with Crippen LogP contribution in [0.25, 0.3) is 0 Å². The Morgan fingerprint density at radius 1 is 1.42 bits per heavy atom. The van der Waals surface area contributed by atoms with Crippen LogP contribution < -0.4 is 5.32 Å². The molecule has 1 amide bonds. The van der Waals surface area contributed by atoms with E-state index in [0.29, 0.717) is 16.3 Å². The summed E-state index contributed by atoms with van der Waals surface area (Å²) < 4.78 is 4.64. The molecule has 0 bridgehead atoms. The van der Waals surface area contributed by atoms with Gasteiger partial charge in [-0.15, -0.1) is 0 Å². The van der Waals surface area contributed by atoms with Gasteiger partial charge in [0.15, 0.2) is 0 Å². The van der Waals surface area contributed by atoms with Crippen molar-refractivity contribution in [2.24, 2.45) is 0 Å². The summed E-state index contributed by atoms with van der Waals surface area (Å²) in [5.74, 6) is -1.08. The minimum Gasteiger partial charge on any atom is -0.463 e. The number of benzene rings is 1. The average molecular weight is 284 g/mol. The average Bonchev–Trinajstić information content (AvgIpc) is 2.39. The summed E-state index contributed by atoms with van der Waals surface area (Å²) in [6.07, 6.45) is 2.10. The molecule has 1 rings (SSSR count).